The van der Waals surface area contributed by atoms with Crippen molar-refractivity contribution in [3.63, 3.8) is 0 Å². The summed E-state index contributed by atoms with van der Waals surface area (Å²) in [5.41, 5.74) is 8.79. The van der Waals surface area contributed by atoms with Gasteiger partial charge in [0.05, 0.1) is 12.1 Å². The van der Waals surface area contributed by atoms with E-state index in [0.717, 1.165) is 5.70 Å². The molecule has 32 heavy (non-hydrogen) atoms. The van der Waals surface area contributed by atoms with Gasteiger partial charge in [0.25, 0.3) is 0 Å². The van der Waals surface area contributed by atoms with Crippen LogP contribution in [0.4, 0.5) is 14.5 Å². The van der Waals surface area contributed by atoms with E-state index in [9.17, 15) is 4.39 Å². The van der Waals surface area contributed by atoms with Gasteiger partial charge in [-0.25, -0.2) is 13.8 Å². The van der Waals surface area contributed by atoms with E-state index in [1.807, 2.05) is 32.8 Å². The maximum absolute atomic E-state index is 16.2. The fraction of sp³-hybridized carbons (Fsp3) is 0.240. The van der Waals surface area contributed by atoms with Crippen LogP contribution in [-0.2, 0) is 11.2 Å². The first-order chi connectivity index (χ1) is 15.1. The van der Waals surface area contributed by atoms with Crippen molar-refractivity contribution in [2.24, 2.45) is 4.99 Å². The summed E-state index contributed by atoms with van der Waals surface area (Å²) in [6.45, 7) is 7.38. The van der Waals surface area contributed by atoms with Gasteiger partial charge in [0.2, 0.25) is 5.88 Å². The highest BCUT2D eigenvalue weighted by molar-refractivity contribution is 6.41. The Hall–Kier alpha value is -3.12. The molecule has 168 valence electrons. The van der Waals surface area contributed by atoms with Crippen molar-refractivity contribution < 1.29 is 13.5 Å². The number of hydrogen-bond acceptors (Lipinski definition) is 4. The largest absolute Gasteiger partial charge is 0.481 e. The minimum absolute atomic E-state index is 0.0347. The summed E-state index contributed by atoms with van der Waals surface area (Å²) in [4.78, 5) is 6.10. The number of nitrogen functional groups attached to an aromatic ring is 1. The topological polar surface area (TPSA) is 50.8 Å². The number of benzene rings is 2. The van der Waals surface area contributed by atoms with Gasteiger partial charge in [-0.3, -0.25) is 0 Å². The van der Waals surface area contributed by atoms with Gasteiger partial charge in [0.1, 0.15) is 11.5 Å². The summed E-state index contributed by atoms with van der Waals surface area (Å²) < 4.78 is 35.9. The first-order valence-corrected chi connectivity index (χ1v) is 10.5. The smallest absolute Gasteiger partial charge is 0.206 e. The molecule has 0 aromatic heterocycles. The summed E-state index contributed by atoms with van der Waals surface area (Å²) >= 11 is 6.65. The summed E-state index contributed by atoms with van der Waals surface area (Å²) in [6.07, 6.45) is 2.07. The SMILES string of the molecule is C=C(N=C1C(F)=C(c2cc(N)cc3ccc(F)c(CC)c23)C(Cl)=C/C1=C(/C)N(C)C)OC. The lowest BCUT2D eigenvalue weighted by Crippen LogP contribution is -2.19. The second-order valence-electron chi connectivity index (χ2n) is 7.68. The molecule has 0 saturated heterocycles. The molecule has 0 heterocycles. The first kappa shape index (κ1) is 23.5. The van der Waals surface area contributed by atoms with Crippen molar-refractivity contribution >= 4 is 39.3 Å². The van der Waals surface area contributed by atoms with Crippen LogP contribution in [0.1, 0.15) is 25.0 Å². The summed E-state index contributed by atoms with van der Waals surface area (Å²) in [5, 5.41) is 1.44. The Morgan fingerprint density at radius 2 is 1.94 bits per heavy atom. The maximum Gasteiger partial charge on any atom is 0.206 e. The third-order valence-corrected chi connectivity index (χ3v) is 5.84. The second kappa shape index (κ2) is 9.17. The zero-order valence-electron chi connectivity index (χ0n) is 18.8. The van der Waals surface area contributed by atoms with Crippen LogP contribution in [0.25, 0.3) is 16.3 Å². The molecular weight excluding hydrogens is 432 g/mol. The number of anilines is 1. The Kier molecular flexibility index (Phi) is 6.74. The first-order valence-electron chi connectivity index (χ1n) is 10.1. The van der Waals surface area contributed by atoms with E-state index in [1.54, 1.807) is 24.3 Å². The summed E-state index contributed by atoms with van der Waals surface area (Å²) in [6, 6.07) is 6.37. The van der Waals surface area contributed by atoms with Gasteiger partial charge >= 0.3 is 0 Å². The van der Waals surface area contributed by atoms with Crippen LogP contribution in [0.15, 0.2) is 69.9 Å². The average molecular weight is 458 g/mol. The second-order valence-corrected chi connectivity index (χ2v) is 8.09. The van der Waals surface area contributed by atoms with Crippen molar-refractivity contribution in [2.45, 2.75) is 20.3 Å². The highest BCUT2D eigenvalue weighted by atomic mass is 35.5. The molecule has 2 N–H and O–H groups in total. The fourth-order valence-electron chi connectivity index (χ4n) is 3.73. The molecule has 0 saturated carbocycles. The normalized spacial score (nSPS) is 17.0. The van der Waals surface area contributed by atoms with E-state index in [1.165, 1.54) is 13.2 Å². The van der Waals surface area contributed by atoms with Crippen LogP contribution in [0.5, 0.6) is 0 Å². The number of nitrogens with two attached hydrogens (primary N) is 1. The minimum Gasteiger partial charge on any atom is -0.481 e. The van der Waals surface area contributed by atoms with E-state index in [4.69, 9.17) is 22.1 Å². The number of aliphatic imine (C=N–C) groups is 1. The Bertz CT molecular complexity index is 1240. The standard InChI is InChI=1S/C25H26ClF2N3O/c1-7-17-21(27)9-8-15-10-16(29)11-19(22(15)17)23-20(26)12-18(13(2)31(4)5)25(24(23)28)30-14(3)32-6/h8-12H,3,7,29H2,1-2,4-6H3/b18-13+,30-25?. The Balaban J connectivity index is 2.45. The predicted molar refractivity (Wildman–Crippen MR) is 130 cm³/mol. The quantitative estimate of drug-likeness (QED) is 0.421. The predicted octanol–water partition coefficient (Wildman–Crippen LogP) is 6.33. The zero-order valence-corrected chi connectivity index (χ0v) is 19.6. The zero-order chi connectivity index (χ0) is 23.7. The van der Waals surface area contributed by atoms with Crippen LogP contribution in [0, 0.1) is 5.82 Å². The molecule has 0 spiro atoms. The Morgan fingerprint density at radius 3 is 2.53 bits per heavy atom. The molecule has 2 aromatic rings. The number of aryl methyl sites for hydroxylation is 1. The van der Waals surface area contributed by atoms with Crippen molar-refractivity contribution in [3.8, 4) is 0 Å². The lowest BCUT2D eigenvalue weighted by Gasteiger charge is -2.24. The van der Waals surface area contributed by atoms with Crippen LogP contribution in [-0.4, -0.2) is 31.8 Å². The van der Waals surface area contributed by atoms with E-state index >= 15 is 4.39 Å². The molecule has 0 unspecified atom stereocenters. The summed E-state index contributed by atoms with van der Waals surface area (Å²) in [7, 11) is 5.09. The molecule has 0 amide bonds. The van der Waals surface area contributed by atoms with E-state index in [2.05, 4.69) is 11.6 Å². The molecule has 4 nitrogen and oxygen atoms in total. The number of halogens is 3. The van der Waals surface area contributed by atoms with E-state index in [0.29, 0.717) is 39.6 Å². The molecule has 3 rings (SSSR count). The van der Waals surface area contributed by atoms with Crippen LogP contribution in [0.3, 0.4) is 0 Å². The molecule has 0 aliphatic heterocycles. The lowest BCUT2D eigenvalue weighted by atomic mass is 9.87. The number of methoxy groups -OCH3 is 1. The van der Waals surface area contributed by atoms with E-state index in [-0.39, 0.29) is 28.0 Å². The lowest BCUT2D eigenvalue weighted by molar-refractivity contribution is 0.290. The molecule has 0 bridgehead atoms. The third-order valence-electron chi connectivity index (χ3n) is 5.54. The van der Waals surface area contributed by atoms with Crippen molar-refractivity contribution in [3.05, 3.63) is 81.9 Å². The van der Waals surface area contributed by atoms with Gasteiger partial charge in [-0.15, -0.1) is 0 Å². The van der Waals surface area contributed by atoms with Crippen molar-refractivity contribution in [1.82, 2.24) is 4.90 Å². The van der Waals surface area contributed by atoms with Crippen molar-refractivity contribution in [2.75, 3.05) is 26.9 Å². The summed E-state index contributed by atoms with van der Waals surface area (Å²) in [5.74, 6) is -0.985. The van der Waals surface area contributed by atoms with Gasteiger partial charge in [0.15, 0.2) is 5.83 Å². The maximum atomic E-state index is 16.2. The van der Waals surface area contributed by atoms with Gasteiger partial charge in [-0.05, 0) is 66.1 Å². The molecule has 2 aromatic carbocycles. The molecule has 0 radical (unpaired) electrons. The van der Waals surface area contributed by atoms with Crippen LogP contribution in [0.2, 0.25) is 0 Å². The van der Waals surface area contributed by atoms with Gasteiger partial charge in [0, 0.05) is 36.6 Å². The van der Waals surface area contributed by atoms with Gasteiger partial charge in [-0.1, -0.05) is 24.6 Å². The number of hydrogen-bond donors (Lipinski definition) is 1. The highest BCUT2D eigenvalue weighted by Crippen LogP contribution is 2.43. The van der Waals surface area contributed by atoms with Crippen LogP contribution < -0.4 is 5.73 Å². The number of fused-ring (bicyclic) bond motifs is 1. The Morgan fingerprint density at radius 1 is 1.25 bits per heavy atom. The fourth-order valence-corrected chi connectivity index (χ4v) is 4.03. The molecular formula is C25H26ClF2N3O. The highest BCUT2D eigenvalue weighted by Gasteiger charge is 2.29. The average Bonchev–Trinajstić information content (AvgIpc) is 2.74. The number of nitrogens with zero attached hydrogens (tertiary/aromatic N) is 2. The van der Waals surface area contributed by atoms with Crippen molar-refractivity contribution in [1.29, 1.82) is 0 Å². The molecule has 7 heteroatoms. The molecule has 1 aliphatic rings. The van der Waals surface area contributed by atoms with E-state index < -0.39 is 5.83 Å². The molecule has 0 fully saturated rings. The monoisotopic (exact) mass is 457 g/mol. The molecule has 0 atom stereocenters. The number of rotatable bonds is 5. The number of allylic oxidation sites excluding steroid dienone is 6. The van der Waals surface area contributed by atoms with Gasteiger partial charge < -0.3 is 15.4 Å². The number of ether oxygens (including phenoxy) is 1. The Labute approximate surface area is 192 Å². The third kappa shape index (κ3) is 4.15. The van der Waals surface area contributed by atoms with Gasteiger partial charge in [-0.2, -0.15) is 0 Å². The minimum atomic E-state index is -0.662. The molecule has 1 aliphatic carbocycles. The van der Waals surface area contributed by atoms with Crippen LogP contribution >= 0.6 is 11.6 Å².